The van der Waals surface area contributed by atoms with Gasteiger partial charge in [-0.15, -0.1) is 0 Å². The monoisotopic (exact) mass is 307 g/mol. The number of piperazine rings is 1. The van der Waals surface area contributed by atoms with Crippen LogP contribution in [0.4, 0.5) is 10.5 Å². The van der Waals surface area contributed by atoms with Crippen LogP contribution in [-0.4, -0.2) is 54.2 Å². The highest BCUT2D eigenvalue weighted by Crippen LogP contribution is 2.19. The van der Waals surface area contributed by atoms with Gasteiger partial charge in [0.2, 0.25) is 11.8 Å². The summed E-state index contributed by atoms with van der Waals surface area (Å²) in [4.78, 5) is 31.3. The normalized spacial score (nSPS) is 15.7. The molecule has 1 aromatic heterocycles. The van der Waals surface area contributed by atoms with E-state index in [-0.39, 0.29) is 12.5 Å². The summed E-state index contributed by atoms with van der Waals surface area (Å²) >= 11 is 0. The highest BCUT2D eigenvalue weighted by molar-refractivity contribution is 5.97. The van der Waals surface area contributed by atoms with E-state index in [2.05, 4.69) is 4.98 Å². The van der Waals surface area contributed by atoms with E-state index in [9.17, 15) is 9.59 Å². The van der Waals surface area contributed by atoms with Crippen molar-refractivity contribution in [3.05, 3.63) is 18.3 Å². The molecule has 0 spiro atoms. The number of hydrogen-bond donors (Lipinski definition) is 0. The molecule has 2 amide bonds. The van der Waals surface area contributed by atoms with Gasteiger partial charge >= 0.3 is 6.09 Å². The van der Waals surface area contributed by atoms with E-state index < -0.39 is 11.7 Å². The van der Waals surface area contributed by atoms with Crippen LogP contribution >= 0.6 is 0 Å². The molecule has 1 aliphatic heterocycles. The smallest absolute Gasteiger partial charge is 0.410 e. The predicted octanol–water partition coefficient (Wildman–Crippen LogP) is 1.67. The quantitative estimate of drug-likeness (QED) is 0.831. The Kier molecular flexibility index (Phi) is 4.54. The summed E-state index contributed by atoms with van der Waals surface area (Å²) in [6.45, 7) is 6.23. The number of ether oxygens (including phenoxy) is 2. The molecular formula is C15H21N3O4. The summed E-state index contributed by atoms with van der Waals surface area (Å²) in [5, 5.41) is 0. The fourth-order valence-electron chi connectivity index (χ4n) is 2.08. The van der Waals surface area contributed by atoms with E-state index in [4.69, 9.17) is 9.47 Å². The van der Waals surface area contributed by atoms with Crippen molar-refractivity contribution in [2.45, 2.75) is 26.4 Å². The molecule has 120 valence electrons. The van der Waals surface area contributed by atoms with Gasteiger partial charge in [-0.1, -0.05) is 0 Å². The summed E-state index contributed by atoms with van der Waals surface area (Å²) < 4.78 is 10.3. The van der Waals surface area contributed by atoms with Crippen molar-refractivity contribution in [2.24, 2.45) is 0 Å². The molecule has 7 heteroatoms. The molecule has 2 rings (SSSR count). The van der Waals surface area contributed by atoms with Crippen molar-refractivity contribution in [3.63, 3.8) is 0 Å². The topological polar surface area (TPSA) is 72.0 Å². The van der Waals surface area contributed by atoms with Crippen molar-refractivity contribution in [1.29, 1.82) is 0 Å². The number of carbonyl (C=O) groups excluding carboxylic acids is 2. The van der Waals surface area contributed by atoms with Crippen LogP contribution < -0.4 is 9.64 Å². The largest absolute Gasteiger partial charge is 0.481 e. The lowest BCUT2D eigenvalue weighted by atomic mass is 10.2. The number of pyridine rings is 1. The van der Waals surface area contributed by atoms with Crippen molar-refractivity contribution >= 4 is 17.7 Å². The van der Waals surface area contributed by atoms with Gasteiger partial charge in [0, 0.05) is 19.2 Å². The first-order chi connectivity index (χ1) is 10.3. The zero-order valence-electron chi connectivity index (χ0n) is 13.3. The van der Waals surface area contributed by atoms with Gasteiger partial charge < -0.3 is 14.4 Å². The molecule has 0 N–H and O–H groups in total. The van der Waals surface area contributed by atoms with Gasteiger partial charge in [-0.05, 0) is 26.8 Å². The zero-order chi connectivity index (χ0) is 16.3. The highest BCUT2D eigenvalue weighted by Gasteiger charge is 2.30. The van der Waals surface area contributed by atoms with Gasteiger partial charge in [0.25, 0.3) is 0 Å². The van der Waals surface area contributed by atoms with E-state index in [1.807, 2.05) is 0 Å². The second-order valence-electron chi connectivity index (χ2n) is 6.01. The minimum Gasteiger partial charge on any atom is -0.481 e. The predicted molar refractivity (Wildman–Crippen MR) is 80.9 cm³/mol. The molecule has 1 aliphatic rings. The number of methoxy groups -OCH3 is 1. The molecule has 0 radical (unpaired) electrons. The first kappa shape index (κ1) is 16.1. The number of rotatable bonds is 2. The van der Waals surface area contributed by atoms with E-state index in [1.54, 1.807) is 44.0 Å². The number of anilines is 1. The third kappa shape index (κ3) is 3.87. The maximum atomic E-state index is 12.2. The van der Waals surface area contributed by atoms with Crippen molar-refractivity contribution < 1.29 is 19.1 Å². The lowest BCUT2D eigenvalue weighted by Crippen LogP contribution is -2.53. The Morgan fingerprint density at radius 3 is 2.50 bits per heavy atom. The molecule has 0 bridgehead atoms. The molecular weight excluding hydrogens is 286 g/mol. The van der Waals surface area contributed by atoms with Crippen LogP contribution in [0.2, 0.25) is 0 Å². The van der Waals surface area contributed by atoms with Gasteiger partial charge in [-0.25, -0.2) is 9.78 Å². The number of amides is 2. The average Bonchev–Trinajstić information content (AvgIpc) is 2.45. The Morgan fingerprint density at radius 1 is 1.27 bits per heavy atom. The Bertz CT molecular complexity index is 551. The molecule has 1 saturated heterocycles. The molecule has 22 heavy (non-hydrogen) atoms. The molecule has 0 unspecified atom stereocenters. The van der Waals surface area contributed by atoms with Gasteiger partial charge in [-0.2, -0.15) is 0 Å². The van der Waals surface area contributed by atoms with Gasteiger partial charge in [0.05, 0.1) is 19.0 Å². The summed E-state index contributed by atoms with van der Waals surface area (Å²) in [5.41, 5.74) is 0.117. The van der Waals surface area contributed by atoms with Crippen molar-refractivity contribution in [3.8, 4) is 5.88 Å². The standard InChI is InChI=1S/C15H21N3O4/c1-15(2,3)22-14(20)17-7-8-18(13(19)10-17)11-5-6-12(21-4)16-9-11/h5-6,9H,7-8,10H2,1-4H3. The number of nitrogens with zero attached hydrogens (tertiary/aromatic N) is 3. The van der Waals surface area contributed by atoms with Crippen LogP contribution in [0.25, 0.3) is 0 Å². The van der Waals surface area contributed by atoms with Crippen molar-refractivity contribution in [1.82, 2.24) is 9.88 Å². The number of hydrogen-bond acceptors (Lipinski definition) is 5. The minimum absolute atomic E-state index is 0.000935. The van der Waals surface area contributed by atoms with E-state index in [0.717, 1.165) is 0 Å². The fraction of sp³-hybridized carbons (Fsp3) is 0.533. The molecule has 2 heterocycles. The maximum absolute atomic E-state index is 12.2. The Morgan fingerprint density at radius 2 is 2.00 bits per heavy atom. The van der Waals surface area contributed by atoms with Crippen molar-refractivity contribution in [2.75, 3.05) is 31.6 Å². The maximum Gasteiger partial charge on any atom is 0.410 e. The van der Waals surface area contributed by atoms with Crippen LogP contribution in [0, 0.1) is 0 Å². The molecule has 0 saturated carbocycles. The summed E-state index contributed by atoms with van der Waals surface area (Å²) in [6, 6.07) is 3.47. The van der Waals surface area contributed by atoms with E-state index >= 15 is 0 Å². The Hall–Kier alpha value is -2.31. The molecule has 0 aromatic carbocycles. The van der Waals surface area contributed by atoms with Gasteiger partial charge in [0.1, 0.15) is 12.1 Å². The van der Waals surface area contributed by atoms with Gasteiger partial charge in [0.15, 0.2) is 0 Å². The first-order valence-corrected chi connectivity index (χ1v) is 7.08. The van der Waals surface area contributed by atoms with Crippen LogP contribution in [-0.2, 0) is 9.53 Å². The third-order valence-electron chi connectivity index (χ3n) is 3.11. The second-order valence-corrected chi connectivity index (χ2v) is 6.01. The zero-order valence-corrected chi connectivity index (χ0v) is 13.3. The number of carbonyl (C=O) groups is 2. The average molecular weight is 307 g/mol. The second kappa shape index (κ2) is 6.21. The summed E-state index contributed by atoms with van der Waals surface area (Å²) in [7, 11) is 1.53. The molecule has 0 aliphatic carbocycles. The van der Waals surface area contributed by atoms with Gasteiger partial charge in [-0.3, -0.25) is 9.69 Å². The fourth-order valence-corrected chi connectivity index (χ4v) is 2.08. The van der Waals surface area contributed by atoms with Crippen LogP contribution in [0.1, 0.15) is 20.8 Å². The molecule has 7 nitrogen and oxygen atoms in total. The lowest BCUT2D eigenvalue weighted by Gasteiger charge is -2.35. The Labute approximate surface area is 129 Å². The molecule has 0 atom stereocenters. The third-order valence-corrected chi connectivity index (χ3v) is 3.11. The SMILES string of the molecule is COc1ccc(N2CCN(C(=O)OC(C)(C)C)CC2=O)cn1. The van der Waals surface area contributed by atoms with Crippen LogP contribution in [0.15, 0.2) is 18.3 Å². The summed E-state index contributed by atoms with van der Waals surface area (Å²) in [5.74, 6) is 0.327. The molecule has 1 fully saturated rings. The summed E-state index contributed by atoms with van der Waals surface area (Å²) in [6.07, 6.45) is 1.12. The number of aromatic nitrogens is 1. The minimum atomic E-state index is -0.572. The molecule has 1 aromatic rings. The van der Waals surface area contributed by atoms with E-state index in [0.29, 0.717) is 24.7 Å². The lowest BCUT2D eigenvalue weighted by molar-refractivity contribution is -0.121. The van der Waals surface area contributed by atoms with E-state index in [1.165, 1.54) is 12.0 Å². The van der Waals surface area contributed by atoms with Crippen LogP contribution in [0.3, 0.4) is 0 Å². The van der Waals surface area contributed by atoms with Crippen LogP contribution in [0.5, 0.6) is 5.88 Å². The Balaban J connectivity index is 2.00. The first-order valence-electron chi connectivity index (χ1n) is 7.08. The highest BCUT2D eigenvalue weighted by atomic mass is 16.6.